The highest BCUT2D eigenvalue weighted by Crippen LogP contribution is 2.20. The summed E-state index contributed by atoms with van der Waals surface area (Å²) < 4.78 is 38.1. The van der Waals surface area contributed by atoms with Gasteiger partial charge in [-0.05, 0) is 5.56 Å². The van der Waals surface area contributed by atoms with E-state index in [0.29, 0.717) is 0 Å². The lowest BCUT2D eigenvalue weighted by Crippen LogP contribution is -2.46. The van der Waals surface area contributed by atoms with Crippen LogP contribution >= 0.6 is 0 Å². The van der Waals surface area contributed by atoms with Crippen molar-refractivity contribution in [3.63, 3.8) is 0 Å². The molecule has 0 atom stereocenters. The summed E-state index contributed by atoms with van der Waals surface area (Å²) >= 11 is 0. The third-order valence-corrected chi connectivity index (χ3v) is 2.44. The largest absolute Gasteiger partial charge is 0.501 e. The summed E-state index contributed by atoms with van der Waals surface area (Å²) in [5.41, 5.74) is -0.0649. The van der Waals surface area contributed by atoms with E-state index in [1.807, 2.05) is 6.07 Å². The van der Waals surface area contributed by atoms with Gasteiger partial charge in [0.05, 0.1) is 6.54 Å². The number of alkyl halides is 3. The van der Waals surface area contributed by atoms with E-state index in [2.05, 4.69) is 9.97 Å². The highest BCUT2D eigenvalue weighted by molar-refractivity contribution is 5.25. The van der Waals surface area contributed by atoms with Crippen molar-refractivity contribution in [2.24, 2.45) is 5.84 Å². The number of nitrogens with two attached hydrogens (primary N) is 1. The van der Waals surface area contributed by atoms with Crippen LogP contribution in [0, 0.1) is 0 Å². The quantitative estimate of drug-likeness (QED) is 0.515. The van der Waals surface area contributed by atoms with Gasteiger partial charge in [0, 0.05) is 0 Å². The number of nitrogens with zero attached hydrogens (tertiary/aromatic N) is 4. The molecule has 0 bridgehead atoms. The van der Waals surface area contributed by atoms with Crippen molar-refractivity contribution in [1.29, 1.82) is 0 Å². The van der Waals surface area contributed by atoms with Crippen molar-refractivity contribution < 1.29 is 13.2 Å². The molecule has 0 saturated heterocycles. The molecule has 2 aromatic rings. The molecule has 0 fully saturated rings. The zero-order valence-corrected chi connectivity index (χ0v) is 10.1. The van der Waals surface area contributed by atoms with Gasteiger partial charge in [-0.15, -0.1) is 13.2 Å². The molecular weight excluding hydrogens is 275 g/mol. The fourth-order valence-electron chi connectivity index (χ4n) is 1.47. The summed E-state index contributed by atoms with van der Waals surface area (Å²) in [5, 5.41) is -0.610. The Bertz CT molecular complexity index is 640. The van der Waals surface area contributed by atoms with Gasteiger partial charge >= 0.3 is 12.0 Å². The van der Waals surface area contributed by atoms with Gasteiger partial charge in [-0.25, -0.2) is 15.6 Å². The fourth-order valence-corrected chi connectivity index (χ4v) is 1.47. The zero-order valence-electron chi connectivity index (χ0n) is 10.1. The van der Waals surface area contributed by atoms with Crippen LogP contribution in [-0.2, 0) is 6.54 Å². The smallest absolute Gasteiger partial charge is 0.278 e. The fraction of sp³-hybridized carbons (Fsp3) is 0.182. The molecule has 0 saturated carbocycles. The third-order valence-electron chi connectivity index (χ3n) is 2.44. The molecule has 2 rings (SSSR count). The minimum Gasteiger partial charge on any atom is -0.278 e. The predicted molar refractivity (Wildman–Crippen MR) is 64.6 cm³/mol. The van der Waals surface area contributed by atoms with Crippen LogP contribution in [-0.4, -0.2) is 20.8 Å². The van der Waals surface area contributed by atoms with Crippen molar-refractivity contribution in [3.05, 3.63) is 52.7 Å². The summed E-state index contributed by atoms with van der Waals surface area (Å²) in [7, 11) is 0. The first-order chi connectivity index (χ1) is 9.38. The van der Waals surface area contributed by atoms with Crippen molar-refractivity contribution in [2.75, 3.05) is 5.01 Å². The summed E-state index contributed by atoms with van der Waals surface area (Å²) in [6.07, 6.45) is -3.87. The van der Waals surface area contributed by atoms with Gasteiger partial charge in [-0.1, -0.05) is 30.3 Å². The van der Waals surface area contributed by atoms with Crippen LogP contribution in [0.5, 0.6) is 0 Å². The van der Waals surface area contributed by atoms with Crippen molar-refractivity contribution >= 4 is 5.95 Å². The van der Waals surface area contributed by atoms with E-state index in [9.17, 15) is 18.0 Å². The summed E-state index contributed by atoms with van der Waals surface area (Å²) in [5.74, 6) is 3.88. The lowest BCUT2D eigenvalue weighted by Gasteiger charge is -2.18. The predicted octanol–water partition coefficient (Wildman–Crippen LogP) is 0.886. The maximum atomic E-state index is 12.3. The average Bonchev–Trinajstić information content (AvgIpc) is 2.40. The molecule has 106 valence electrons. The summed E-state index contributed by atoms with van der Waals surface area (Å²) in [6.45, 7) is 0.163. The van der Waals surface area contributed by atoms with E-state index >= 15 is 0 Å². The molecule has 20 heavy (non-hydrogen) atoms. The van der Waals surface area contributed by atoms with Gasteiger partial charge in [-0.3, -0.25) is 4.57 Å². The summed E-state index contributed by atoms with van der Waals surface area (Å²) in [4.78, 5) is 18.3. The van der Waals surface area contributed by atoms with E-state index in [0.717, 1.165) is 16.5 Å². The van der Waals surface area contributed by atoms with E-state index in [4.69, 9.17) is 5.84 Å². The molecule has 0 radical (unpaired) electrons. The molecule has 0 aliphatic heterocycles. The molecule has 1 aromatic heterocycles. The van der Waals surface area contributed by atoms with Crippen LogP contribution in [0.2, 0.25) is 0 Å². The van der Waals surface area contributed by atoms with E-state index in [-0.39, 0.29) is 6.54 Å². The molecule has 0 unspecified atom stereocenters. The number of hydrogen-bond acceptors (Lipinski definition) is 5. The van der Waals surface area contributed by atoms with Crippen LogP contribution in [0.25, 0.3) is 0 Å². The Morgan fingerprint density at radius 3 is 2.45 bits per heavy atom. The van der Waals surface area contributed by atoms with Crippen molar-refractivity contribution in [3.8, 4) is 0 Å². The molecule has 2 N–H and O–H groups in total. The zero-order chi connectivity index (χ0) is 14.8. The van der Waals surface area contributed by atoms with Crippen LogP contribution < -0.4 is 16.5 Å². The Morgan fingerprint density at radius 2 is 1.90 bits per heavy atom. The van der Waals surface area contributed by atoms with Crippen LogP contribution in [0.15, 0.2) is 41.5 Å². The Labute approximate surface area is 111 Å². The average molecular weight is 285 g/mol. The molecule has 0 aliphatic carbocycles. The lowest BCUT2D eigenvalue weighted by atomic mass is 10.2. The first-order valence-corrected chi connectivity index (χ1v) is 5.47. The van der Waals surface area contributed by atoms with Crippen molar-refractivity contribution in [2.45, 2.75) is 12.8 Å². The number of halogens is 3. The minimum absolute atomic E-state index is 0.163. The number of benzene rings is 1. The topological polar surface area (TPSA) is 77.0 Å². The highest BCUT2D eigenvalue weighted by atomic mass is 19.4. The minimum atomic E-state index is -4.85. The molecule has 0 aliphatic rings. The first kappa shape index (κ1) is 14.0. The highest BCUT2D eigenvalue weighted by Gasteiger charge is 2.37. The molecular formula is C11H10F3N5O. The molecule has 9 heteroatoms. The third kappa shape index (κ3) is 3.12. The van der Waals surface area contributed by atoms with Crippen molar-refractivity contribution in [1.82, 2.24) is 14.5 Å². The molecule has 1 heterocycles. The van der Waals surface area contributed by atoms with Gasteiger partial charge in [0.15, 0.2) is 0 Å². The van der Waals surface area contributed by atoms with E-state index < -0.39 is 22.9 Å². The number of anilines is 1. The lowest BCUT2D eigenvalue weighted by molar-refractivity contribution is -0.130. The van der Waals surface area contributed by atoms with Gasteiger partial charge in [0.1, 0.15) is 6.33 Å². The van der Waals surface area contributed by atoms with Crippen LogP contribution in [0.3, 0.4) is 0 Å². The second kappa shape index (κ2) is 5.29. The van der Waals surface area contributed by atoms with Gasteiger partial charge in [0.2, 0.25) is 0 Å². The normalized spacial score (nSPS) is 11.4. The number of rotatable bonds is 3. The van der Waals surface area contributed by atoms with Gasteiger partial charge < -0.3 is 0 Å². The van der Waals surface area contributed by atoms with Gasteiger partial charge in [0.25, 0.3) is 5.95 Å². The summed E-state index contributed by atoms with van der Waals surface area (Å²) in [6, 6.07) is 8.90. The molecule has 1 aromatic carbocycles. The standard InChI is InChI=1S/C11H10F3N5O/c12-11(13,14)19(15)9-16-7-18(10(20)17-9)6-8-4-2-1-3-5-8/h1-5,7H,6,15H2. The Kier molecular flexibility index (Phi) is 3.70. The Morgan fingerprint density at radius 1 is 1.25 bits per heavy atom. The maximum absolute atomic E-state index is 12.3. The second-order valence-electron chi connectivity index (χ2n) is 3.89. The van der Waals surface area contributed by atoms with Gasteiger partial charge in [-0.2, -0.15) is 9.99 Å². The maximum Gasteiger partial charge on any atom is 0.501 e. The van der Waals surface area contributed by atoms with Crippen LogP contribution in [0.4, 0.5) is 19.1 Å². The number of hydrazine groups is 1. The SMILES string of the molecule is NN(c1ncn(Cc2ccccc2)c(=O)n1)C(F)(F)F. The van der Waals surface area contributed by atoms with Crippen LogP contribution in [0.1, 0.15) is 5.56 Å². The number of aromatic nitrogens is 3. The molecule has 0 amide bonds. The van der Waals surface area contributed by atoms with E-state index in [1.54, 1.807) is 24.3 Å². The monoisotopic (exact) mass is 285 g/mol. The first-order valence-electron chi connectivity index (χ1n) is 5.47. The Hall–Kier alpha value is -2.42. The molecule has 0 spiro atoms. The second-order valence-corrected chi connectivity index (χ2v) is 3.89. The Balaban J connectivity index is 2.25. The molecule has 6 nitrogen and oxygen atoms in total. The number of hydrogen-bond donors (Lipinski definition) is 1. The van der Waals surface area contributed by atoms with E-state index in [1.165, 1.54) is 0 Å².